The van der Waals surface area contributed by atoms with Crippen LogP contribution in [0, 0.1) is 10.8 Å². The Morgan fingerprint density at radius 3 is 1.94 bits per heavy atom. The third-order valence-electron chi connectivity index (χ3n) is 4.29. The van der Waals surface area contributed by atoms with Gasteiger partial charge in [0.05, 0.1) is 19.6 Å². The normalized spacial score (nSPS) is 35.5. The molecule has 94 valence electrons. The molecule has 3 saturated carbocycles. The van der Waals surface area contributed by atoms with E-state index in [2.05, 4.69) is 0 Å². The molecule has 0 amide bonds. The number of carbonyl (C=O) groups excluding carboxylic acids is 3. The van der Waals surface area contributed by atoms with E-state index in [9.17, 15) is 14.4 Å². The van der Waals surface area contributed by atoms with Crippen LogP contribution in [0.15, 0.2) is 0 Å². The van der Waals surface area contributed by atoms with Crippen LogP contribution >= 0.6 is 0 Å². The average molecular weight is 240 g/mol. The van der Waals surface area contributed by atoms with Crippen molar-refractivity contribution in [2.45, 2.75) is 32.1 Å². The first-order valence-corrected chi connectivity index (χ1v) is 5.71. The minimum atomic E-state index is -0.996. The van der Waals surface area contributed by atoms with Gasteiger partial charge in [-0.15, -0.1) is 0 Å². The molecule has 0 heterocycles. The molecule has 3 aliphatic carbocycles. The van der Waals surface area contributed by atoms with E-state index in [1.54, 1.807) is 0 Å². The van der Waals surface area contributed by atoms with Crippen LogP contribution in [0.1, 0.15) is 32.1 Å². The second-order valence-corrected chi connectivity index (χ2v) is 4.95. The lowest BCUT2D eigenvalue weighted by atomic mass is 9.53. The topological polar surface area (TPSA) is 69.7 Å². The van der Waals surface area contributed by atoms with E-state index in [0.717, 1.165) is 0 Å². The minimum Gasteiger partial charge on any atom is -0.469 e. The highest BCUT2D eigenvalue weighted by Crippen LogP contribution is 2.55. The third-order valence-corrected chi connectivity index (χ3v) is 4.29. The summed E-state index contributed by atoms with van der Waals surface area (Å²) in [7, 11) is 2.62. The summed E-state index contributed by atoms with van der Waals surface area (Å²) in [6.45, 7) is 0. The Bertz CT molecular complexity index is 376. The largest absolute Gasteiger partial charge is 0.469 e. The Labute approximate surface area is 99.5 Å². The van der Waals surface area contributed by atoms with Gasteiger partial charge >= 0.3 is 11.9 Å². The highest BCUT2D eigenvalue weighted by atomic mass is 16.5. The molecule has 3 aliphatic rings. The van der Waals surface area contributed by atoms with Gasteiger partial charge in [-0.2, -0.15) is 0 Å². The molecule has 0 N–H and O–H groups in total. The fourth-order valence-corrected chi connectivity index (χ4v) is 3.09. The fraction of sp³-hybridized carbons (Fsp3) is 0.750. The fourth-order valence-electron chi connectivity index (χ4n) is 3.09. The summed E-state index contributed by atoms with van der Waals surface area (Å²) in [5.41, 5.74) is -1.69. The lowest BCUT2D eigenvalue weighted by molar-refractivity contribution is -0.179. The van der Waals surface area contributed by atoms with Gasteiger partial charge in [0.25, 0.3) is 0 Å². The predicted molar refractivity (Wildman–Crippen MR) is 57.0 cm³/mol. The summed E-state index contributed by atoms with van der Waals surface area (Å²) in [6.07, 6.45) is 1.96. The van der Waals surface area contributed by atoms with Gasteiger partial charge in [-0.1, -0.05) is 0 Å². The van der Waals surface area contributed by atoms with Crippen molar-refractivity contribution in [1.29, 1.82) is 0 Å². The van der Waals surface area contributed by atoms with Crippen molar-refractivity contribution in [3.8, 4) is 0 Å². The van der Waals surface area contributed by atoms with Crippen molar-refractivity contribution in [3.63, 3.8) is 0 Å². The molecule has 3 fully saturated rings. The molecule has 5 nitrogen and oxygen atoms in total. The van der Waals surface area contributed by atoms with Crippen molar-refractivity contribution < 1.29 is 23.9 Å². The van der Waals surface area contributed by atoms with Gasteiger partial charge in [0.2, 0.25) is 0 Å². The lowest BCUT2D eigenvalue weighted by Gasteiger charge is -2.48. The van der Waals surface area contributed by atoms with E-state index in [1.165, 1.54) is 14.2 Å². The molecule has 0 aliphatic heterocycles. The Morgan fingerprint density at radius 1 is 1.00 bits per heavy atom. The molecule has 0 aromatic heterocycles. The number of hydrogen-bond donors (Lipinski definition) is 0. The number of rotatable bonds is 2. The Kier molecular flexibility index (Phi) is 2.72. The van der Waals surface area contributed by atoms with E-state index in [1.807, 2.05) is 0 Å². The maximum absolute atomic E-state index is 12.1. The summed E-state index contributed by atoms with van der Waals surface area (Å²) in [6, 6.07) is 0. The van der Waals surface area contributed by atoms with E-state index in [-0.39, 0.29) is 18.2 Å². The van der Waals surface area contributed by atoms with Crippen molar-refractivity contribution in [2.75, 3.05) is 14.2 Å². The van der Waals surface area contributed by atoms with Gasteiger partial charge in [0.15, 0.2) is 5.78 Å². The molecule has 0 unspecified atom stereocenters. The Morgan fingerprint density at radius 2 is 1.53 bits per heavy atom. The number of Topliss-reactive ketones (excluding diaryl/α,β-unsaturated/α-hetero) is 1. The monoisotopic (exact) mass is 240 g/mol. The van der Waals surface area contributed by atoms with E-state index in [0.29, 0.717) is 25.7 Å². The number of esters is 2. The van der Waals surface area contributed by atoms with E-state index in [4.69, 9.17) is 9.47 Å². The molecule has 0 spiro atoms. The number of fused-ring (bicyclic) bond motifs is 3. The number of methoxy groups -OCH3 is 2. The third kappa shape index (κ3) is 1.48. The van der Waals surface area contributed by atoms with Crippen molar-refractivity contribution in [3.05, 3.63) is 0 Å². The van der Waals surface area contributed by atoms with Gasteiger partial charge in [-0.05, 0) is 25.7 Å². The first kappa shape index (κ1) is 12.1. The quantitative estimate of drug-likeness (QED) is 0.528. The van der Waals surface area contributed by atoms with Crippen LogP contribution in [0.3, 0.4) is 0 Å². The zero-order valence-corrected chi connectivity index (χ0v) is 10.1. The molecule has 0 aromatic rings. The summed E-state index contributed by atoms with van der Waals surface area (Å²) >= 11 is 0. The minimum absolute atomic E-state index is 0.106. The Hall–Kier alpha value is -1.39. The van der Waals surface area contributed by atoms with Crippen molar-refractivity contribution >= 4 is 17.7 Å². The molecule has 0 atom stereocenters. The van der Waals surface area contributed by atoms with Gasteiger partial charge in [-0.3, -0.25) is 14.4 Å². The van der Waals surface area contributed by atoms with Crippen LogP contribution in [-0.4, -0.2) is 31.9 Å². The van der Waals surface area contributed by atoms with E-state index >= 15 is 0 Å². The highest BCUT2D eigenvalue weighted by molar-refractivity contribution is 6.07. The maximum Gasteiger partial charge on any atom is 0.319 e. The molecule has 2 bridgehead atoms. The van der Waals surface area contributed by atoms with Gasteiger partial charge in [0.1, 0.15) is 5.41 Å². The van der Waals surface area contributed by atoms with Crippen LogP contribution < -0.4 is 0 Å². The maximum atomic E-state index is 12.1. The summed E-state index contributed by atoms with van der Waals surface area (Å²) in [4.78, 5) is 35.6. The standard InChI is InChI=1S/C12H16O5/c1-16-9(14)11-3-5-12(6-4-11,8(13)7-11)10(15)17-2/h3-7H2,1-2H3. The first-order valence-electron chi connectivity index (χ1n) is 5.71. The van der Waals surface area contributed by atoms with Gasteiger partial charge in [-0.25, -0.2) is 0 Å². The zero-order chi connectivity index (χ0) is 12.7. The molecule has 3 rings (SSSR count). The molecule has 0 aromatic carbocycles. The van der Waals surface area contributed by atoms with Crippen LogP contribution in [0.2, 0.25) is 0 Å². The summed E-state index contributed by atoms with van der Waals surface area (Å²) in [5, 5.41) is 0. The molecule has 0 saturated heterocycles. The van der Waals surface area contributed by atoms with Crippen LogP contribution in [0.25, 0.3) is 0 Å². The highest BCUT2D eigenvalue weighted by Gasteiger charge is 2.61. The molecule has 5 heteroatoms. The van der Waals surface area contributed by atoms with Gasteiger partial charge < -0.3 is 9.47 Å². The lowest BCUT2D eigenvalue weighted by Crippen LogP contribution is -2.55. The number of ether oxygens (including phenoxy) is 2. The molecule has 17 heavy (non-hydrogen) atoms. The predicted octanol–water partition coefficient (Wildman–Crippen LogP) is 0.852. The van der Waals surface area contributed by atoms with Crippen molar-refractivity contribution in [1.82, 2.24) is 0 Å². The second kappa shape index (κ2) is 3.82. The van der Waals surface area contributed by atoms with E-state index < -0.39 is 16.8 Å². The second-order valence-electron chi connectivity index (χ2n) is 4.95. The molecule has 0 radical (unpaired) electrons. The average Bonchev–Trinajstić information content (AvgIpc) is 2.38. The Balaban J connectivity index is 2.28. The number of carbonyl (C=O) groups is 3. The zero-order valence-electron chi connectivity index (χ0n) is 10.1. The smallest absolute Gasteiger partial charge is 0.319 e. The molecular weight excluding hydrogens is 224 g/mol. The first-order chi connectivity index (χ1) is 8.00. The summed E-state index contributed by atoms with van der Waals surface area (Å²) < 4.78 is 9.49. The van der Waals surface area contributed by atoms with Crippen LogP contribution in [0.5, 0.6) is 0 Å². The number of ketones is 1. The SMILES string of the molecule is COC(=O)C12CCC(C(=O)OC)(CC1)C(=O)C2. The van der Waals surface area contributed by atoms with Crippen LogP contribution in [-0.2, 0) is 23.9 Å². The van der Waals surface area contributed by atoms with Crippen molar-refractivity contribution in [2.24, 2.45) is 10.8 Å². The number of hydrogen-bond acceptors (Lipinski definition) is 5. The molecular formula is C12H16O5. The van der Waals surface area contributed by atoms with Gasteiger partial charge in [0, 0.05) is 6.42 Å². The van der Waals surface area contributed by atoms with Crippen LogP contribution in [0.4, 0.5) is 0 Å². The summed E-state index contributed by atoms with van der Waals surface area (Å²) in [5.74, 6) is -0.961.